The third-order valence-electron chi connectivity index (χ3n) is 2.93. The molecule has 1 aromatic carbocycles. The number of Topliss-reactive ketones (excluding diaryl/α,β-unsaturated/α-hetero) is 1. The fourth-order valence-electron chi connectivity index (χ4n) is 2.01. The monoisotopic (exact) mass is 291 g/mol. The molecule has 0 unspecified atom stereocenters. The molecule has 0 bridgehead atoms. The van der Waals surface area contributed by atoms with Crippen LogP contribution < -0.4 is 4.87 Å². The second kappa shape index (κ2) is 4.79. The highest BCUT2D eigenvalue weighted by Crippen LogP contribution is 2.43. The summed E-state index contributed by atoms with van der Waals surface area (Å²) in [5.41, 5.74) is 0.594. The lowest BCUT2D eigenvalue weighted by molar-refractivity contribution is -0.111. The van der Waals surface area contributed by atoms with Crippen molar-refractivity contribution in [2.45, 2.75) is 17.4 Å². The van der Waals surface area contributed by atoms with E-state index in [0.717, 1.165) is 23.1 Å². The highest BCUT2D eigenvalue weighted by atomic mass is 32.2. The van der Waals surface area contributed by atoms with Crippen molar-refractivity contribution in [2.75, 3.05) is 0 Å². The molecule has 1 aliphatic heterocycles. The zero-order chi connectivity index (χ0) is 13.4. The highest BCUT2D eigenvalue weighted by molar-refractivity contribution is 8.14. The molecule has 0 radical (unpaired) electrons. The zero-order valence-corrected chi connectivity index (χ0v) is 11.3. The lowest BCUT2D eigenvalue weighted by atomic mass is 9.98. The molecule has 1 aromatic heterocycles. The average molecular weight is 291 g/mol. The van der Waals surface area contributed by atoms with Crippen molar-refractivity contribution in [1.82, 2.24) is 4.98 Å². The van der Waals surface area contributed by atoms with Crippen LogP contribution in [0.3, 0.4) is 0 Å². The van der Waals surface area contributed by atoms with E-state index in [1.54, 1.807) is 24.3 Å². The Hall–Kier alpha value is -1.66. The number of aromatic nitrogens is 1. The molecule has 0 saturated heterocycles. The van der Waals surface area contributed by atoms with Crippen molar-refractivity contribution in [3.63, 3.8) is 0 Å². The number of nitrogens with one attached hydrogen (secondary N) is 1. The Balaban J connectivity index is 1.86. The molecule has 0 amide bonds. The van der Waals surface area contributed by atoms with E-state index in [-0.39, 0.29) is 22.2 Å². The van der Waals surface area contributed by atoms with E-state index in [2.05, 4.69) is 4.98 Å². The summed E-state index contributed by atoms with van der Waals surface area (Å²) in [6.45, 7) is 0. The number of carbonyl (C=O) groups is 2. The number of H-pyrrole nitrogens is 1. The van der Waals surface area contributed by atoms with Crippen molar-refractivity contribution in [3.05, 3.63) is 50.4 Å². The summed E-state index contributed by atoms with van der Waals surface area (Å²) in [5, 5.41) is 0.535. The predicted octanol–water partition coefficient (Wildman–Crippen LogP) is 2.43. The standard InChI is InChI=1S/C13H9NO3S2/c15-9(7-4-2-1-3-5-7)6-8-10-11(19-12(8)16)14-13(17)18-10/h1-5,8H,6H2,(H,14,17)/t8-/m0/s1. The molecule has 1 aliphatic rings. The van der Waals surface area contributed by atoms with E-state index >= 15 is 0 Å². The molecule has 0 fully saturated rings. The summed E-state index contributed by atoms with van der Waals surface area (Å²) in [7, 11) is 0. The fraction of sp³-hybridized carbons (Fsp3) is 0.154. The minimum atomic E-state index is -0.489. The molecule has 6 heteroatoms. The number of thiazole rings is 1. The van der Waals surface area contributed by atoms with Gasteiger partial charge in [-0.25, -0.2) is 0 Å². The van der Waals surface area contributed by atoms with Crippen LogP contribution in [0.5, 0.6) is 0 Å². The quantitative estimate of drug-likeness (QED) is 0.882. The Kier molecular flexibility index (Phi) is 3.12. The topological polar surface area (TPSA) is 67.0 Å². The number of rotatable bonds is 3. The van der Waals surface area contributed by atoms with Crippen molar-refractivity contribution < 1.29 is 9.59 Å². The second-order valence-electron chi connectivity index (χ2n) is 4.17. The maximum Gasteiger partial charge on any atom is 0.305 e. The zero-order valence-electron chi connectivity index (χ0n) is 9.71. The van der Waals surface area contributed by atoms with Crippen LogP contribution in [0.2, 0.25) is 0 Å². The van der Waals surface area contributed by atoms with Gasteiger partial charge in [-0.3, -0.25) is 14.4 Å². The third kappa shape index (κ3) is 2.29. The summed E-state index contributed by atoms with van der Waals surface area (Å²) in [4.78, 5) is 38.4. The van der Waals surface area contributed by atoms with Crippen LogP contribution >= 0.6 is 23.1 Å². The third-order valence-corrected chi connectivity index (χ3v) is 5.07. The van der Waals surface area contributed by atoms with Crippen LogP contribution in [0, 0.1) is 0 Å². The summed E-state index contributed by atoms with van der Waals surface area (Å²) in [6, 6.07) is 8.88. The van der Waals surface area contributed by atoms with E-state index in [1.807, 2.05) is 6.07 Å². The Bertz CT molecular complexity index is 702. The van der Waals surface area contributed by atoms with Gasteiger partial charge in [0.2, 0.25) is 5.12 Å². The van der Waals surface area contributed by atoms with Gasteiger partial charge < -0.3 is 4.98 Å². The SMILES string of the molecule is O=C(C[C@@H]1C(=O)Sc2[nH]c(=O)sc21)c1ccccc1. The number of benzene rings is 1. The molecule has 4 nitrogen and oxygen atoms in total. The first-order valence-corrected chi connectivity index (χ1v) is 7.31. The van der Waals surface area contributed by atoms with Gasteiger partial charge in [0, 0.05) is 12.0 Å². The normalized spacial score (nSPS) is 17.5. The number of fused-ring (bicyclic) bond motifs is 1. The summed E-state index contributed by atoms with van der Waals surface area (Å²) in [6.07, 6.45) is 0.122. The van der Waals surface area contributed by atoms with Crippen LogP contribution in [0.25, 0.3) is 0 Å². The van der Waals surface area contributed by atoms with Gasteiger partial charge in [0.25, 0.3) is 0 Å². The first-order chi connectivity index (χ1) is 9.15. The van der Waals surface area contributed by atoms with Gasteiger partial charge in [0.1, 0.15) is 0 Å². The molecule has 2 heterocycles. The maximum atomic E-state index is 12.1. The second-order valence-corrected chi connectivity index (χ2v) is 6.20. The molecule has 0 aliphatic carbocycles. The Morgan fingerprint density at radius 1 is 1.21 bits per heavy atom. The van der Waals surface area contributed by atoms with Crippen LogP contribution in [0.1, 0.15) is 27.6 Å². The Morgan fingerprint density at radius 2 is 1.95 bits per heavy atom. The van der Waals surface area contributed by atoms with E-state index in [9.17, 15) is 14.4 Å². The number of aromatic amines is 1. The predicted molar refractivity (Wildman–Crippen MR) is 73.9 cm³/mol. The molecule has 1 atom stereocenters. The van der Waals surface area contributed by atoms with Crippen molar-refractivity contribution in [2.24, 2.45) is 0 Å². The minimum absolute atomic E-state index is 0.0678. The van der Waals surface area contributed by atoms with Gasteiger partial charge in [-0.15, -0.1) is 0 Å². The Labute approximate surface area is 116 Å². The molecule has 96 valence electrons. The van der Waals surface area contributed by atoms with Crippen LogP contribution in [-0.4, -0.2) is 15.9 Å². The number of hydrogen-bond donors (Lipinski definition) is 1. The Morgan fingerprint density at radius 3 is 2.68 bits per heavy atom. The van der Waals surface area contributed by atoms with Crippen LogP contribution in [0.4, 0.5) is 0 Å². The molecule has 3 rings (SSSR count). The number of hydrogen-bond acceptors (Lipinski definition) is 5. The first kappa shape index (κ1) is 12.4. The van der Waals surface area contributed by atoms with E-state index in [1.165, 1.54) is 0 Å². The van der Waals surface area contributed by atoms with Crippen molar-refractivity contribution in [3.8, 4) is 0 Å². The molecule has 0 spiro atoms. The number of thioether (sulfide) groups is 1. The van der Waals surface area contributed by atoms with Gasteiger partial charge in [-0.2, -0.15) is 0 Å². The molecule has 0 saturated carbocycles. The van der Waals surface area contributed by atoms with Gasteiger partial charge in [0.15, 0.2) is 5.78 Å². The van der Waals surface area contributed by atoms with Crippen molar-refractivity contribution >= 4 is 34.0 Å². The van der Waals surface area contributed by atoms with Gasteiger partial charge in [-0.05, 0) is 11.8 Å². The molecular weight excluding hydrogens is 282 g/mol. The fourth-order valence-corrected chi connectivity index (χ4v) is 4.16. The van der Waals surface area contributed by atoms with E-state index < -0.39 is 5.92 Å². The number of carbonyl (C=O) groups excluding carboxylic acids is 2. The summed E-state index contributed by atoms with van der Waals surface area (Å²) >= 11 is 2.04. The smallest absolute Gasteiger partial charge is 0.305 e. The molecule has 1 N–H and O–H groups in total. The van der Waals surface area contributed by atoms with Gasteiger partial charge >= 0.3 is 4.87 Å². The van der Waals surface area contributed by atoms with Crippen molar-refractivity contribution in [1.29, 1.82) is 0 Å². The van der Waals surface area contributed by atoms with Gasteiger partial charge in [0.05, 0.1) is 15.8 Å². The maximum absolute atomic E-state index is 12.1. The van der Waals surface area contributed by atoms with E-state index in [4.69, 9.17) is 0 Å². The largest absolute Gasteiger partial charge is 0.307 e. The molecule has 2 aromatic rings. The summed E-state index contributed by atoms with van der Waals surface area (Å²) < 4.78 is 0. The molecule has 19 heavy (non-hydrogen) atoms. The molecular formula is C13H9NO3S2. The average Bonchev–Trinajstić information content (AvgIpc) is 2.88. The highest BCUT2D eigenvalue weighted by Gasteiger charge is 2.36. The van der Waals surface area contributed by atoms with Gasteiger partial charge in [-0.1, -0.05) is 41.7 Å². The van der Waals surface area contributed by atoms with Crippen LogP contribution in [-0.2, 0) is 4.79 Å². The first-order valence-electron chi connectivity index (χ1n) is 5.68. The minimum Gasteiger partial charge on any atom is -0.307 e. The lowest BCUT2D eigenvalue weighted by Gasteiger charge is -2.06. The van der Waals surface area contributed by atoms with E-state index in [0.29, 0.717) is 15.5 Å². The lowest BCUT2D eigenvalue weighted by Crippen LogP contribution is -2.10. The van der Waals surface area contributed by atoms with Crippen LogP contribution in [0.15, 0.2) is 40.2 Å². The number of ketones is 1. The summed E-state index contributed by atoms with van der Waals surface area (Å²) in [5.74, 6) is -0.565.